The number of hydrogen-bond donors (Lipinski definition) is 1. The Hall–Kier alpha value is -1.74. The van der Waals surface area contributed by atoms with Gasteiger partial charge >= 0.3 is 0 Å². The Morgan fingerprint density at radius 2 is 2.05 bits per heavy atom. The summed E-state index contributed by atoms with van der Waals surface area (Å²) in [5.41, 5.74) is -0.539. The zero-order valence-electron chi connectivity index (χ0n) is 11.3. The molecule has 0 radical (unpaired) electrons. The van der Waals surface area contributed by atoms with Crippen molar-refractivity contribution in [1.29, 1.82) is 0 Å². The van der Waals surface area contributed by atoms with Crippen molar-refractivity contribution < 1.29 is 22.8 Å². The predicted octanol–water partition coefficient (Wildman–Crippen LogP) is 1.03. The van der Waals surface area contributed by atoms with E-state index in [0.717, 1.165) is 10.7 Å². The van der Waals surface area contributed by atoms with Crippen molar-refractivity contribution in [1.82, 2.24) is 9.45 Å². The first-order valence-electron chi connectivity index (χ1n) is 6.28. The van der Waals surface area contributed by atoms with Crippen LogP contribution in [-0.4, -0.2) is 41.7 Å². The van der Waals surface area contributed by atoms with Gasteiger partial charge in [-0.2, -0.15) is 0 Å². The molecule has 0 spiro atoms. The molecule has 0 amide bonds. The molecule has 1 aliphatic rings. The molecule has 8 heteroatoms. The van der Waals surface area contributed by atoms with E-state index in [9.17, 15) is 13.5 Å². The van der Waals surface area contributed by atoms with Crippen LogP contribution in [0, 0.1) is 0 Å². The van der Waals surface area contributed by atoms with Gasteiger partial charge in [0.15, 0.2) is 0 Å². The van der Waals surface area contributed by atoms with E-state index < -0.39 is 15.6 Å². The maximum Gasteiger partial charge on any atom is 0.300 e. The Morgan fingerprint density at radius 1 is 1.33 bits per heavy atom. The molecule has 2 heterocycles. The van der Waals surface area contributed by atoms with E-state index in [1.54, 1.807) is 24.3 Å². The van der Waals surface area contributed by atoms with Crippen molar-refractivity contribution in [2.75, 3.05) is 13.2 Å². The molecule has 0 aliphatic carbocycles. The molecule has 0 bridgehead atoms. The standard InChI is InChI=1S/C13H14N2O5S/c1-13(16)8-15(19-9-13)21(17,18)11-7-14-12(20-11)10-5-3-2-4-6-10/h2-7,16H,8-9H2,1H3. The molecular formula is C13H14N2O5S. The highest BCUT2D eigenvalue weighted by Crippen LogP contribution is 2.27. The van der Waals surface area contributed by atoms with Crippen LogP contribution in [-0.2, 0) is 14.9 Å². The predicted molar refractivity (Wildman–Crippen MR) is 72.4 cm³/mol. The zero-order chi connectivity index (χ0) is 15.1. The summed E-state index contributed by atoms with van der Waals surface area (Å²) in [5.74, 6) is 0.208. The maximum atomic E-state index is 12.3. The van der Waals surface area contributed by atoms with Gasteiger partial charge in [0.2, 0.25) is 5.89 Å². The van der Waals surface area contributed by atoms with Gasteiger partial charge in [0.05, 0.1) is 19.3 Å². The summed E-state index contributed by atoms with van der Waals surface area (Å²) >= 11 is 0. The SMILES string of the molecule is CC1(O)CON(S(=O)(=O)c2cnc(-c3ccccc3)o2)C1. The zero-order valence-corrected chi connectivity index (χ0v) is 12.1. The van der Waals surface area contributed by atoms with Crippen molar-refractivity contribution >= 4 is 10.0 Å². The molecule has 7 nitrogen and oxygen atoms in total. The van der Waals surface area contributed by atoms with Crippen molar-refractivity contribution in [2.24, 2.45) is 0 Å². The van der Waals surface area contributed by atoms with E-state index in [-0.39, 0.29) is 24.1 Å². The van der Waals surface area contributed by atoms with Crippen molar-refractivity contribution in [3.05, 3.63) is 36.5 Å². The van der Waals surface area contributed by atoms with E-state index in [4.69, 9.17) is 9.25 Å². The van der Waals surface area contributed by atoms with Crippen LogP contribution < -0.4 is 0 Å². The molecular weight excluding hydrogens is 296 g/mol. The summed E-state index contributed by atoms with van der Waals surface area (Å²) in [5, 5.41) is 9.46. The molecule has 1 aromatic heterocycles. The number of benzene rings is 1. The lowest BCUT2D eigenvalue weighted by molar-refractivity contribution is -0.0383. The second-order valence-electron chi connectivity index (χ2n) is 5.09. The topological polar surface area (TPSA) is 92.9 Å². The normalized spacial score (nSPS) is 23.5. The van der Waals surface area contributed by atoms with Crippen molar-refractivity contribution in [3.63, 3.8) is 0 Å². The van der Waals surface area contributed by atoms with E-state index >= 15 is 0 Å². The summed E-state index contributed by atoms with van der Waals surface area (Å²) in [4.78, 5) is 8.98. The Morgan fingerprint density at radius 3 is 2.67 bits per heavy atom. The number of hydrogen-bond acceptors (Lipinski definition) is 6. The molecule has 0 saturated carbocycles. The third-order valence-corrected chi connectivity index (χ3v) is 4.48. The lowest BCUT2D eigenvalue weighted by atomic mass is 10.1. The van der Waals surface area contributed by atoms with Gasteiger partial charge in [-0.3, -0.25) is 4.84 Å². The van der Waals surface area contributed by atoms with Gasteiger partial charge in [-0.1, -0.05) is 22.7 Å². The number of aliphatic hydroxyl groups is 1. The van der Waals surface area contributed by atoms with Crippen molar-refractivity contribution in [3.8, 4) is 11.5 Å². The highest BCUT2D eigenvalue weighted by Gasteiger charge is 2.41. The lowest BCUT2D eigenvalue weighted by Gasteiger charge is -2.13. The highest BCUT2D eigenvalue weighted by atomic mass is 32.2. The number of rotatable bonds is 3. The van der Waals surface area contributed by atoms with Crippen LogP contribution in [0.1, 0.15) is 6.92 Å². The lowest BCUT2D eigenvalue weighted by Crippen LogP contribution is -2.34. The molecule has 1 atom stereocenters. The molecule has 1 saturated heterocycles. The number of nitrogens with zero attached hydrogens (tertiary/aromatic N) is 2. The van der Waals surface area contributed by atoms with Gasteiger partial charge < -0.3 is 9.52 Å². The number of hydroxylamine groups is 1. The van der Waals surface area contributed by atoms with Gasteiger partial charge in [-0.05, 0) is 19.1 Å². The molecule has 21 heavy (non-hydrogen) atoms. The Kier molecular flexibility index (Phi) is 3.33. The minimum Gasteiger partial charge on any atom is -0.423 e. The largest absolute Gasteiger partial charge is 0.423 e. The second kappa shape index (κ2) is 4.92. The van der Waals surface area contributed by atoms with E-state index in [1.165, 1.54) is 6.92 Å². The number of aromatic nitrogens is 1. The molecule has 112 valence electrons. The van der Waals surface area contributed by atoms with Gasteiger partial charge in [0.25, 0.3) is 15.1 Å². The number of oxazole rings is 1. The van der Waals surface area contributed by atoms with Gasteiger partial charge in [0, 0.05) is 5.56 Å². The van der Waals surface area contributed by atoms with E-state index in [1.807, 2.05) is 6.07 Å². The molecule has 1 unspecified atom stereocenters. The summed E-state index contributed by atoms with van der Waals surface area (Å²) in [6.07, 6.45) is 1.13. The third kappa shape index (κ3) is 2.70. The fourth-order valence-electron chi connectivity index (χ4n) is 1.93. The summed E-state index contributed by atoms with van der Waals surface area (Å²) < 4.78 is 30.7. The molecule has 2 aromatic rings. The molecule has 1 aromatic carbocycles. The summed E-state index contributed by atoms with van der Waals surface area (Å²) in [6.45, 7) is 1.25. The minimum absolute atomic E-state index is 0.0914. The number of sulfonamides is 1. The second-order valence-corrected chi connectivity index (χ2v) is 6.85. The van der Waals surface area contributed by atoms with Gasteiger partial charge in [0.1, 0.15) is 5.60 Å². The molecule has 1 fully saturated rings. The summed E-state index contributed by atoms with van der Waals surface area (Å²) in [7, 11) is -3.97. The number of β-amino-alcohol motifs (C(OH)–C–C–N with tert-alkyl or cyclic N) is 1. The van der Waals surface area contributed by atoms with Crippen LogP contribution in [0.5, 0.6) is 0 Å². The van der Waals surface area contributed by atoms with Gasteiger partial charge in [-0.25, -0.2) is 13.4 Å². The average Bonchev–Trinajstić information content (AvgIpc) is 3.07. The Bertz CT molecular complexity index is 739. The monoisotopic (exact) mass is 310 g/mol. The highest BCUT2D eigenvalue weighted by molar-refractivity contribution is 7.88. The summed E-state index contributed by atoms with van der Waals surface area (Å²) in [6, 6.07) is 8.96. The Balaban J connectivity index is 1.89. The van der Waals surface area contributed by atoms with Crippen LogP contribution in [0.4, 0.5) is 0 Å². The first-order valence-corrected chi connectivity index (χ1v) is 7.72. The molecule has 3 rings (SSSR count). The minimum atomic E-state index is -3.97. The fourth-order valence-corrected chi connectivity index (χ4v) is 3.14. The van der Waals surface area contributed by atoms with Crippen LogP contribution in [0.15, 0.2) is 46.0 Å². The first kappa shape index (κ1) is 14.2. The molecule has 1 N–H and O–H groups in total. The average molecular weight is 310 g/mol. The van der Waals surface area contributed by atoms with Crippen molar-refractivity contribution in [2.45, 2.75) is 17.6 Å². The molecule has 1 aliphatic heterocycles. The fraction of sp³-hybridized carbons (Fsp3) is 0.308. The van der Waals surface area contributed by atoms with E-state index in [2.05, 4.69) is 4.98 Å². The third-order valence-electron chi connectivity index (χ3n) is 3.02. The van der Waals surface area contributed by atoms with Crippen LogP contribution in [0.3, 0.4) is 0 Å². The van der Waals surface area contributed by atoms with Gasteiger partial charge in [-0.15, -0.1) is 0 Å². The first-order chi connectivity index (χ1) is 9.88. The van der Waals surface area contributed by atoms with Crippen LogP contribution in [0.25, 0.3) is 11.5 Å². The maximum absolute atomic E-state index is 12.3. The Labute approximate surface area is 121 Å². The smallest absolute Gasteiger partial charge is 0.300 e. The van der Waals surface area contributed by atoms with Crippen LogP contribution in [0.2, 0.25) is 0 Å². The van der Waals surface area contributed by atoms with Crippen LogP contribution >= 0.6 is 0 Å². The van der Waals surface area contributed by atoms with E-state index in [0.29, 0.717) is 5.56 Å². The quantitative estimate of drug-likeness (QED) is 0.910.